The molecule has 0 aromatic heterocycles. The Hall–Kier alpha value is -3.28. The summed E-state index contributed by atoms with van der Waals surface area (Å²) in [5.74, 6) is 0.803. The van der Waals surface area contributed by atoms with E-state index in [2.05, 4.69) is 0 Å². The Morgan fingerprint density at radius 2 is 0.969 bits per heavy atom. The first-order chi connectivity index (χ1) is 15.4. The number of carbonyl (C=O) groups excluding carboxylic acids is 2. The smallest absolute Gasteiger partial charge is 0.303 e. The SMILES string of the molecule is CCC(COc1c2ccccc2c(OCC(CC)OC(C)=O)c2ccccc12)OC(C)=O. The number of ether oxygens (including phenoxy) is 4. The summed E-state index contributed by atoms with van der Waals surface area (Å²) in [7, 11) is 0. The summed E-state index contributed by atoms with van der Waals surface area (Å²) in [4.78, 5) is 22.8. The van der Waals surface area contributed by atoms with E-state index >= 15 is 0 Å². The molecule has 6 nitrogen and oxygen atoms in total. The maximum absolute atomic E-state index is 11.4. The highest BCUT2D eigenvalue weighted by molar-refractivity contribution is 6.11. The van der Waals surface area contributed by atoms with Gasteiger partial charge in [0.1, 0.15) is 36.9 Å². The van der Waals surface area contributed by atoms with Gasteiger partial charge in [-0.15, -0.1) is 0 Å². The zero-order valence-corrected chi connectivity index (χ0v) is 19.1. The minimum atomic E-state index is -0.324. The van der Waals surface area contributed by atoms with E-state index in [1.54, 1.807) is 0 Å². The molecule has 3 aromatic rings. The Kier molecular flexibility index (Phi) is 7.92. The monoisotopic (exact) mass is 438 g/mol. The van der Waals surface area contributed by atoms with Crippen molar-refractivity contribution in [3.8, 4) is 11.5 Å². The van der Waals surface area contributed by atoms with Crippen molar-refractivity contribution in [3.63, 3.8) is 0 Å². The molecule has 170 valence electrons. The van der Waals surface area contributed by atoms with E-state index in [1.165, 1.54) is 13.8 Å². The summed E-state index contributed by atoms with van der Waals surface area (Å²) in [6.45, 7) is 7.23. The van der Waals surface area contributed by atoms with Crippen molar-refractivity contribution in [2.75, 3.05) is 13.2 Å². The highest BCUT2D eigenvalue weighted by Gasteiger charge is 2.19. The van der Waals surface area contributed by atoms with Crippen LogP contribution in [0.5, 0.6) is 11.5 Å². The zero-order chi connectivity index (χ0) is 23.1. The van der Waals surface area contributed by atoms with Gasteiger partial charge in [0, 0.05) is 35.4 Å². The Morgan fingerprint density at radius 1 is 0.656 bits per heavy atom. The van der Waals surface area contributed by atoms with Crippen molar-refractivity contribution in [3.05, 3.63) is 48.5 Å². The molecule has 0 amide bonds. The summed E-state index contributed by atoms with van der Waals surface area (Å²) in [5.41, 5.74) is 0. The molecule has 0 saturated heterocycles. The number of esters is 2. The third-order valence-electron chi connectivity index (χ3n) is 5.24. The minimum Gasteiger partial charge on any atom is -0.488 e. The highest BCUT2D eigenvalue weighted by Crippen LogP contribution is 2.42. The number of benzene rings is 3. The third-order valence-corrected chi connectivity index (χ3v) is 5.24. The van der Waals surface area contributed by atoms with Gasteiger partial charge < -0.3 is 18.9 Å². The number of hydrogen-bond acceptors (Lipinski definition) is 6. The van der Waals surface area contributed by atoms with Crippen LogP contribution >= 0.6 is 0 Å². The van der Waals surface area contributed by atoms with Crippen molar-refractivity contribution in [1.29, 1.82) is 0 Å². The van der Waals surface area contributed by atoms with E-state index in [4.69, 9.17) is 18.9 Å². The molecule has 0 heterocycles. The van der Waals surface area contributed by atoms with Crippen molar-refractivity contribution in [2.24, 2.45) is 0 Å². The second kappa shape index (κ2) is 10.8. The predicted octanol–water partition coefficient (Wildman–Crippen LogP) is 5.43. The average Bonchev–Trinajstić information content (AvgIpc) is 2.78. The van der Waals surface area contributed by atoms with Crippen LogP contribution in [0.3, 0.4) is 0 Å². The lowest BCUT2D eigenvalue weighted by Gasteiger charge is -2.21. The topological polar surface area (TPSA) is 71.1 Å². The maximum Gasteiger partial charge on any atom is 0.303 e. The quantitative estimate of drug-likeness (QED) is 0.310. The first-order valence-electron chi connectivity index (χ1n) is 11.0. The number of carbonyl (C=O) groups is 2. The Labute approximate surface area is 188 Å². The molecule has 3 rings (SSSR count). The molecule has 0 aliphatic carbocycles. The van der Waals surface area contributed by atoms with Gasteiger partial charge in [0.25, 0.3) is 0 Å². The zero-order valence-electron chi connectivity index (χ0n) is 19.1. The fourth-order valence-electron chi connectivity index (χ4n) is 3.65. The molecule has 2 unspecified atom stereocenters. The maximum atomic E-state index is 11.4. The van der Waals surface area contributed by atoms with Crippen LogP contribution in [0, 0.1) is 0 Å². The molecule has 32 heavy (non-hydrogen) atoms. The molecule has 0 bridgehead atoms. The summed E-state index contributed by atoms with van der Waals surface area (Å²) >= 11 is 0. The molecule has 0 aliphatic heterocycles. The van der Waals surface area contributed by atoms with Crippen LogP contribution in [0.1, 0.15) is 40.5 Å². The molecule has 0 saturated carbocycles. The van der Waals surface area contributed by atoms with Gasteiger partial charge in [-0.2, -0.15) is 0 Å². The van der Waals surface area contributed by atoms with E-state index in [-0.39, 0.29) is 37.4 Å². The van der Waals surface area contributed by atoms with Crippen LogP contribution in [0.2, 0.25) is 0 Å². The van der Waals surface area contributed by atoms with Gasteiger partial charge in [-0.1, -0.05) is 62.4 Å². The largest absolute Gasteiger partial charge is 0.488 e. The third kappa shape index (κ3) is 5.49. The van der Waals surface area contributed by atoms with Crippen LogP contribution in [0.25, 0.3) is 21.5 Å². The van der Waals surface area contributed by atoms with Gasteiger partial charge in [0.15, 0.2) is 0 Å². The van der Waals surface area contributed by atoms with E-state index in [1.807, 2.05) is 62.4 Å². The summed E-state index contributed by atoms with van der Waals surface area (Å²) in [6.07, 6.45) is 0.668. The normalized spacial score (nSPS) is 12.9. The molecule has 0 aliphatic rings. The van der Waals surface area contributed by atoms with E-state index < -0.39 is 0 Å². The van der Waals surface area contributed by atoms with Gasteiger partial charge in [0.05, 0.1) is 0 Å². The van der Waals surface area contributed by atoms with Gasteiger partial charge in [-0.05, 0) is 12.8 Å². The van der Waals surface area contributed by atoms with Crippen LogP contribution in [0.15, 0.2) is 48.5 Å². The molecule has 0 N–H and O–H groups in total. The standard InChI is InChI=1S/C26H30O6/c1-5-19(31-17(3)27)15-29-25-21-11-7-9-13-23(21)26(24-14-10-8-12-22(24)25)30-16-20(6-2)32-18(4)28/h7-14,19-20H,5-6,15-16H2,1-4H3. The molecule has 0 fully saturated rings. The Morgan fingerprint density at radius 3 is 1.22 bits per heavy atom. The summed E-state index contributed by atoms with van der Waals surface area (Å²) < 4.78 is 23.2. The van der Waals surface area contributed by atoms with Gasteiger partial charge in [0.2, 0.25) is 0 Å². The van der Waals surface area contributed by atoms with Crippen LogP contribution in [0.4, 0.5) is 0 Å². The molecule has 2 atom stereocenters. The van der Waals surface area contributed by atoms with E-state index in [9.17, 15) is 9.59 Å². The number of hydrogen-bond donors (Lipinski definition) is 0. The molecule has 0 spiro atoms. The summed E-state index contributed by atoms with van der Waals surface area (Å²) in [5, 5.41) is 3.61. The average molecular weight is 439 g/mol. The van der Waals surface area contributed by atoms with Crippen molar-refractivity contribution < 1.29 is 28.5 Å². The van der Waals surface area contributed by atoms with Gasteiger partial charge in [-0.25, -0.2) is 0 Å². The fourth-order valence-corrected chi connectivity index (χ4v) is 3.65. The molecule has 3 aromatic carbocycles. The fraction of sp³-hybridized carbons (Fsp3) is 0.385. The summed E-state index contributed by atoms with van der Waals surface area (Å²) in [6, 6.07) is 15.7. The number of rotatable bonds is 10. The second-order valence-corrected chi connectivity index (χ2v) is 7.65. The lowest BCUT2D eigenvalue weighted by molar-refractivity contribution is -0.148. The van der Waals surface area contributed by atoms with Crippen LogP contribution < -0.4 is 9.47 Å². The van der Waals surface area contributed by atoms with Crippen molar-refractivity contribution >= 4 is 33.5 Å². The predicted molar refractivity (Wildman–Crippen MR) is 124 cm³/mol. The first kappa shape index (κ1) is 23.4. The van der Waals surface area contributed by atoms with Crippen LogP contribution in [-0.4, -0.2) is 37.4 Å². The lowest BCUT2D eigenvalue weighted by atomic mass is 10.0. The number of fused-ring (bicyclic) bond motifs is 2. The van der Waals surface area contributed by atoms with Gasteiger partial charge >= 0.3 is 11.9 Å². The van der Waals surface area contributed by atoms with Gasteiger partial charge in [-0.3, -0.25) is 9.59 Å². The second-order valence-electron chi connectivity index (χ2n) is 7.65. The Bertz CT molecular complexity index is 947. The molecule has 0 radical (unpaired) electrons. The highest BCUT2D eigenvalue weighted by atomic mass is 16.6. The Balaban J connectivity index is 2.02. The molecule has 6 heteroatoms. The molecular formula is C26H30O6. The minimum absolute atomic E-state index is 0.259. The van der Waals surface area contributed by atoms with Crippen molar-refractivity contribution in [1.82, 2.24) is 0 Å². The molecular weight excluding hydrogens is 408 g/mol. The van der Waals surface area contributed by atoms with Crippen LogP contribution in [-0.2, 0) is 19.1 Å². The lowest BCUT2D eigenvalue weighted by Crippen LogP contribution is -2.24. The van der Waals surface area contributed by atoms with Crippen molar-refractivity contribution in [2.45, 2.75) is 52.7 Å². The van der Waals surface area contributed by atoms with E-state index in [0.29, 0.717) is 12.8 Å². The first-order valence-corrected chi connectivity index (χ1v) is 11.0. The van der Waals surface area contributed by atoms with E-state index in [0.717, 1.165) is 33.0 Å².